The topological polar surface area (TPSA) is 20.3 Å². The second-order valence-corrected chi connectivity index (χ2v) is 5.48. The molecule has 1 fully saturated rings. The Morgan fingerprint density at radius 3 is 2.59 bits per heavy atom. The maximum absolute atomic E-state index is 11.5. The largest absolute Gasteiger partial charge is 0.340 e. The fraction of sp³-hybridized carbons (Fsp3) is 0.800. The van der Waals surface area contributed by atoms with Gasteiger partial charge in [-0.25, -0.2) is 0 Å². The third-order valence-corrected chi connectivity index (χ3v) is 3.63. The fourth-order valence-electron chi connectivity index (χ4n) is 2.44. The van der Waals surface area contributed by atoms with E-state index in [4.69, 9.17) is 0 Å². The van der Waals surface area contributed by atoms with Gasteiger partial charge in [-0.3, -0.25) is 4.79 Å². The molecule has 1 aliphatic carbocycles. The molecule has 1 amide bonds. The van der Waals surface area contributed by atoms with Gasteiger partial charge in [-0.2, -0.15) is 0 Å². The molecule has 2 atom stereocenters. The molecule has 0 heterocycles. The molecule has 0 N–H and O–H groups in total. The van der Waals surface area contributed by atoms with E-state index < -0.39 is 0 Å². The van der Waals surface area contributed by atoms with Crippen LogP contribution in [-0.4, -0.2) is 23.4 Å². The highest BCUT2D eigenvalue weighted by atomic mass is 16.2. The summed E-state index contributed by atoms with van der Waals surface area (Å²) in [6, 6.07) is 0.341. The van der Waals surface area contributed by atoms with Crippen molar-refractivity contribution in [3.63, 3.8) is 0 Å². The maximum Gasteiger partial charge on any atom is 0.219 e. The molecule has 0 aliphatic heterocycles. The van der Waals surface area contributed by atoms with Gasteiger partial charge in [0.05, 0.1) is 0 Å². The number of nitrogens with zero attached hydrogens (tertiary/aromatic N) is 1. The lowest BCUT2D eigenvalue weighted by Crippen LogP contribution is -2.37. The molecular formula is C15H27NO. The van der Waals surface area contributed by atoms with E-state index in [2.05, 4.69) is 32.9 Å². The summed E-state index contributed by atoms with van der Waals surface area (Å²) in [4.78, 5) is 13.5. The second-order valence-electron chi connectivity index (χ2n) is 5.48. The van der Waals surface area contributed by atoms with Crippen LogP contribution in [0.1, 0.15) is 53.4 Å². The number of amides is 1. The molecule has 0 aromatic carbocycles. The molecule has 2 heteroatoms. The van der Waals surface area contributed by atoms with E-state index in [9.17, 15) is 4.79 Å². The van der Waals surface area contributed by atoms with Gasteiger partial charge in [-0.05, 0) is 51.4 Å². The van der Waals surface area contributed by atoms with Gasteiger partial charge >= 0.3 is 0 Å². The van der Waals surface area contributed by atoms with E-state index in [0.717, 1.165) is 24.8 Å². The average Bonchev–Trinajstić information content (AvgIpc) is 2.99. The number of carbonyl (C=O) groups is 1. The lowest BCUT2D eigenvalue weighted by atomic mass is 10.1. The Morgan fingerprint density at radius 1 is 1.35 bits per heavy atom. The van der Waals surface area contributed by atoms with Gasteiger partial charge < -0.3 is 4.90 Å². The molecule has 17 heavy (non-hydrogen) atoms. The van der Waals surface area contributed by atoms with E-state index in [1.165, 1.54) is 19.3 Å². The first-order valence-electron chi connectivity index (χ1n) is 6.98. The van der Waals surface area contributed by atoms with Crippen LogP contribution in [0.15, 0.2) is 12.2 Å². The summed E-state index contributed by atoms with van der Waals surface area (Å²) < 4.78 is 0. The minimum absolute atomic E-state index is 0.219. The molecule has 1 rings (SSSR count). The Morgan fingerprint density at radius 2 is 2.06 bits per heavy atom. The van der Waals surface area contributed by atoms with Gasteiger partial charge in [0.15, 0.2) is 0 Å². The van der Waals surface area contributed by atoms with E-state index >= 15 is 0 Å². The van der Waals surface area contributed by atoms with E-state index in [1.807, 2.05) is 4.90 Å². The Labute approximate surface area is 106 Å². The summed E-state index contributed by atoms with van der Waals surface area (Å²) in [5.41, 5.74) is 0. The van der Waals surface area contributed by atoms with Crippen molar-refractivity contribution in [3.8, 4) is 0 Å². The first-order valence-corrected chi connectivity index (χ1v) is 6.98. The van der Waals surface area contributed by atoms with Crippen molar-refractivity contribution < 1.29 is 4.79 Å². The van der Waals surface area contributed by atoms with E-state index in [1.54, 1.807) is 6.92 Å². The van der Waals surface area contributed by atoms with Crippen LogP contribution in [0.4, 0.5) is 0 Å². The quantitative estimate of drug-likeness (QED) is 0.619. The van der Waals surface area contributed by atoms with Crippen molar-refractivity contribution in [1.82, 2.24) is 4.90 Å². The summed E-state index contributed by atoms with van der Waals surface area (Å²) in [6.07, 6.45) is 9.49. The van der Waals surface area contributed by atoms with Crippen LogP contribution in [0, 0.1) is 11.8 Å². The number of rotatable bonds is 7. The van der Waals surface area contributed by atoms with Gasteiger partial charge in [0.1, 0.15) is 0 Å². The zero-order chi connectivity index (χ0) is 12.8. The summed E-state index contributed by atoms with van der Waals surface area (Å²) in [5, 5.41) is 0. The number of allylic oxidation sites excluding steroid dienone is 2. The molecular weight excluding hydrogens is 210 g/mol. The number of hydrogen-bond acceptors (Lipinski definition) is 1. The highest BCUT2D eigenvalue weighted by molar-refractivity contribution is 5.73. The molecule has 0 spiro atoms. The standard InChI is InChI=1S/C15H27NO/c1-5-6-7-8-9-14-10-15(14)11-16(12(2)3)13(4)17/h6-7,12,14-15H,5,8-11H2,1-4H3. The van der Waals surface area contributed by atoms with E-state index in [-0.39, 0.29) is 5.91 Å². The smallest absolute Gasteiger partial charge is 0.219 e. The minimum atomic E-state index is 0.219. The Bertz CT molecular complexity index is 270. The average molecular weight is 237 g/mol. The van der Waals surface area contributed by atoms with Crippen LogP contribution in [0.2, 0.25) is 0 Å². The lowest BCUT2D eigenvalue weighted by molar-refractivity contribution is -0.130. The second kappa shape index (κ2) is 6.83. The highest BCUT2D eigenvalue weighted by Gasteiger charge is 2.38. The minimum Gasteiger partial charge on any atom is -0.340 e. The first kappa shape index (κ1) is 14.3. The maximum atomic E-state index is 11.5. The Balaban J connectivity index is 2.22. The molecule has 0 aromatic heterocycles. The normalized spacial score (nSPS) is 23.4. The number of hydrogen-bond donors (Lipinski definition) is 0. The van der Waals surface area contributed by atoms with Gasteiger partial charge in [0.2, 0.25) is 5.91 Å². The third kappa shape index (κ3) is 4.93. The molecule has 1 aliphatic rings. The zero-order valence-electron chi connectivity index (χ0n) is 11.8. The SMILES string of the molecule is CCC=CCCC1CC1CN(C(C)=O)C(C)C. The first-order chi connectivity index (χ1) is 8.06. The Kier molecular flexibility index (Phi) is 5.73. The molecule has 0 bridgehead atoms. The van der Waals surface area contributed by atoms with Gasteiger partial charge in [-0.1, -0.05) is 19.1 Å². The van der Waals surface area contributed by atoms with Crippen molar-refractivity contribution in [2.24, 2.45) is 11.8 Å². The summed E-state index contributed by atoms with van der Waals surface area (Å²) in [6.45, 7) is 9.02. The third-order valence-electron chi connectivity index (χ3n) is 3.63. The molecule has 2 unspecified atom stereocenters. The van der Waals surface area contributed by atoms with Crippen molar-refractivity contribution in [2.45, 2.75) is 59.4 Å². The van der Waals surface area contributed by atoms with Crippen molar-refractivity contribution in [2.75, 3.05) is 6.54 Å². The van der Waals surface area contributed by atoms with Crippen LogP contribution in [0.5, 0.6) is 0 Å². The van der Waals surface area contributed by atoms with Crippen LogP contribution in [0.3, 0.4) is 0 Å². The predicted octanol–water partition coefficient (Wildman–Crippen LogP) is 3.63. The van der Waals surface area contributed by atoms with Crippen molar-refractivity contribution in [3.05, 3.63) is 12.2 Å². The van der Waals surface area contributed by atoms with E-state index in [0.29, 0.717) is 6.04 Å². The van der Waals surface area contributed by atoms with Gasteiger partial charge in [-0.15, -0.1) is 0 Å². The van der Waals surface area contributed by atoms with Crippen LogP contribution < -0.4 is 0 Å². The molecule has 0 saturated heterocycles. The molecule has 1 saturated carbocycles. The lowest BCUT2D eigenvalue weighted by Gasteiger charge is -2.25. The molecule has 0 radical (unpaired) electrons. The highest BCUT2D eigenvalue weighted by Crippen LogP contribution is 2.42. The fourth-order valence-corrected chi connectivity index (χ4v) is 2.44. The summed E-state index contributed by atoms with van der Waals surface area (Å²) in [5.74, 6) is 1.84. The van der Waals surface area contributed by atoms with Crippen LogP contribution in [0.25, 0.3) is 0 Å². The summed E-state index contributed by atoms with van der Waals surface area (Å²) in [7, 11) is 0. The molecule has 0 aromatic rings. The van der Waals surface area contributed by atoms with Crippen molar-refractivity contribution in [1.29, 1.82) is 0 Å². The zero-order valence-corrected chi connectivity index (χ0v) is 11.8. The van der Waals surface area contributed by atoms with Crippen LogP contribution in [-0.2, 0) is 4.79 Å². The van der Waals surface area contributed by atoms with Gasteiger partial charge in [0.25, 0.3) is 0 Å². The summed E-state index contributed by atoms with van der Waals surface area (Å²) >= 11 is 0. The predicted molar refractivity (Wildman–Crippen MR) is 72.8 cm³/mol. The van der Waals surface area contributed by atoms with Crippen LogP contribution >= 0.6 is 0 Å². The van der Waals surface area contributed by atoms with Crippen molar-refractivity contribution >= 4 is 5.91 Å². The monoisotopic (exact) mass is 237 g/mol. The number of carbonyl (C=O) groups excluding carboxylic acids is 1. The molecule has 98 valence electrons. The van der Waals surface area contributed by atoms with Gasteiger partial charge in [0, 0.05) is 19.5 Å². The molecule has 2 nitrogen and oxygen atoms in total. The Hall–Kier alpha value is -0.790.